The predicted octanol–water partition coefficient (Wildman–Crippen LogP) is 1.38. The van der Waals surface area contributed by atoms with Crippen LogP contribution in [0.15, 0.2) is 0 Å². The van der Waals surface area contributed by atoms with E-state index >= 15 is 0 Å². The summed E-state index contributed by atoms with van der Waals surface area (Å²) >= 11 is 8.72. The second-order valence-corrected chi connectivity index (χ2v) is 3.06. The van der Waals surface area contributed by atoms with Crippen LogP contribution in [0.1, 0.15) is 6.42 Å². The molecular formula is C4H8O2S3. The molecule has 0 aliphatic rings. The van der Waals surface area contributed by atoms with Gasteiger partial charge in [0.2, 0.25) is 0 Å². The van der Waals surface area contributed by atoms with Gasteiger partial charge in [0.25, 0.3) is 0 Å². The van der Waals surface area contributed by atoms with Crippen LogP contribution in [0.25, 0.3) is 0 Å². The van der Waals surface area contributed by atoms with Gasteiger partial charge in [-0.1, -0.05) is 0 Å². The fraction of sp³-hybridized carbons (Fsp3) is 0.750. The van der Waals surface area contributed by atoms with Gasteiger partial charge in [-0.25, -0.2) is 0 Å². The van der Waals surface area contributed by atoms with Gasteiger partial charge in [-0.05, 0) is 0 Å². The number of hydrogen-bond acceptors (Lipinski definition) is 5. The van der Waals surface area contributed by atoms with Gasteiger partial charge in [-0.3, -0.25) is 4.79 Å². The molecule has 0 atom stereocenters. The van der Waals surface area contributed by atoms with Crippen molar-refractivity contribution in [3.05, 3.63) is 0 Å². The molecule has 0 heterocycles. The highest BCUT2D eigenvalue weighted by atomic mass is 32.2. The fourth-order valence-corrected chi connectivity index (χ4v) is 0.833. The lowest BCUT2D eigenvalue weighted by Gasteiger charge is -1.96. The fourth-order valence-electron chi connectivity index (χ4n) is 0.225. The SMILES string of the molecule is O=C(CCS)OSCS. The van der Waals surface area contributed by atoms with Crippen LogP contribution >= 0.6 is 37.3 Å². The van der Waals surface area contributed by atoms with E-state index in [1.807, 2.05) is 0 Å². The zero-order chi connectivity index (χ0) is 7.11. The summed E-state index contributed by atoms with van der Waals surface area (Å²) in [4.78, 5) is 10.5. The lowest BCUT2D eigenvalue weighted by molar-refractivity contribution is -0.132. The molecule has 0 spiro atoms. The largest absolute Gasteiger partial charge is 0.390 e. The molecule has 0 aliphatic heterocycles. The molecule has 0 rings (SSSR count). The Kier molecular flexibility index (Phi) is 7.02. The molecule has 0 aromatic heterocycles. The summed E-state index contributed by atoms with van der Waals surface area (Å²) in [5, 5.41) is 0.498. The van der Waals surface area contributed by atoms with Crippen molar-refractivity contribution in [3.63, 3.8) is 0 Å². The third-order valence-electron chi connectivity index (χ3n) is 0.521. The summed E-state index contributed by atoms with van der Waals surface area (Å²) in [6.07, 6.45) is 0.365. The number of hydrogen-bond donors (Lipinski definition) is 2. The van der Waals surface area contributed by atoms with Gasteiger partial charge in [-0.2, -0.15) is 25.3 Å². The average Bonchev–Trinajstić information content (AvgIpc) is 1.85. The zero-order valence-electron chi connectivity index (χ0n) is 4.74. The summed E-state index contributed by atoms with van der Waals surface area (Å²) in [6, 6.07) is 0. The van der Waals surface area contributed by atoms with E-state index in [4.69, 9.17) is 0 Å². The minimum atomic E-state index is -0.232. The van der Waals surface area contributed by atoms with Gasteiger partial charge in [-0.15, -0.1) is 0 Å². The van der Waals surface area contributed by atoms with E-state index in [-0.39, 0.29) is 5.97 Å². The molecule has 0 fully saturated rings. The van der Waals surface area contributed by atoms with Crippen LogP contribution in [0.2, 0.25) is 0 Å². The quantitative estimate of drug-likeness (QED) is 0.392. The molecule has 0 radical (unpaired) electrons. The summed E-state index contributed by atoms with van der Waals surface area (Å²) < 4.78 is 4.58. The van der Waals surface area contributed by atoms with E-state index < -0.39 is 0 Å². The highest BCUT2D eigenvalue weighted by Gasteiger charge is 1.98. The molecule has 0 aliphatic carbocycles. The maximum absolute atomic E-state index is 10.5. The van der Waals surface area contributed by atoms with Gasteiger partial charge in [0, 0.05) is 5.75 Å². The van der Waals surface area contributed by atoms with E-state index in [1.165, 1.54) is 0 Å². The van der Waals surface area contributed by atoms with E-state index in [1.54, 1.807) is 0 Å². The first kappa shape index (κ1) is 9.52. The van der Waals surface area contributed by atoms with Crippen LogP contribution in [0.5, 0.6) is 0 Å². The Labute approximate surface area is 69.8 Å². The molecular weight excluding hydrogens is 176 g/mol. The molecule has 2 nitrogen and oxygen atoms in total. The third kappa shape index (κ3) is 6.40. The first-order chi connectivity index (χ1) is 4.31. The predicted molar refractivity (Wildman–Crippen MR) is 46.0 cm³/mol. The molecule has 0 aromatic rings. The monoisotopic (exact) mass is 184 g/mol. The van der Waals surface area contributed by atoms with Crippen molar-refractivity contribution in [2.45, 2.75) is 6.42 Å². The van der Waals surface area contributed by atoms with E-state index in [2.05, 4.69) is 29.4 Å². The van der Waals surface area contributed by atoms with Gasteiger partial charge in [0.15, 0.2) is 0 Å². The Bertz CT molecular complexity index is 85.9. The molecule has 0 saturated carbocycles. The van der Waals surface area contributed by atoms with E-state index in [9.17, 15) is 4.79 Å². The van der Waals surface area contributed by atoms with Crippen molar-refractivity contribution in [2.75, 3.05) is 10.8 Å². The minimum Gasteiger partial charge on any atom is -0.390 e. The lowest BCUT2D eigenvalue weighted by atomic mass is 10.5. The Balaban J connectivity index is 3.06. The van der Waals surface area contributed by atoms with Crippen LogP contribution in [-0.2, 0) is 8.98 Å². The van der Waals surface area contributed by atoms with Crippen molar-refractivity contribution in [2.24, 2.45) is 0 Å². The first-order valence-corrected chi connectivity index (χ1v) is 4.53. The second-order valence-electron chi connectivity index (χ2n) is 1.18. The van der Waals surface area contributed by atoms with Crippen LogP contribution in [0, 0.1) is 0 Å². The number of carbonyl (C=O) groups is 1. The number of rotatable bonds is 4. The van der Waals surface area contributed by atoms with Crippen LogP contribution in [0.3, 0.4) is 0 Å². The molecule has 0 unspecified atom stereocenters. The molecule has 0 saturated heterocycles. The van der Waals surface area contributed by atoms with E-state index in [0.29, 0.717) is 17.3 Å². The van der Waals surface area contributed by atoms with E-state index in [0.717, 1.165) is 12.0 Å². The summed E-state index contributed by atoms with van der Waals surface area (Å²) in [6.45, 7) is 0. The minimum absolute atomic E-state index is 0.232. The van der Waals surface area contributed by atoms with Crippen LogP contribution in [0.4, 0.5) is 0 Å². The topological polar surface area (TPSA) is 26.3 Å². The highest BCUT2D eigenvalue weighted by Crippen LogP contribution is 2.05. The van der Waals surface area contributed by atoms with Crippen molar-refractivity contribution in [3.8, 4) is 0 Å². The molecule has 0 aromatic carbocycles. The summed E-state index contributed by atoms with van der Waals surface area (Å²) in [5.74, 6) is 0.301. The average molecular weight is 184 g/mol. The second kappa shape index (κ2) is 6.64. The molecule has 0 N–H and O–H groups in total. The molecule has 54 valence electrons. The maximum atomic E-state index is 10.5. The van der Waals surface area contributed by atoms with Crippen molar-refractivity contribution in [1.82, 2.24) is 0 Å². The molecule has 5 heteroatoms. The molecule has 0 amide bonds. The standard InChI is InChI=1S/C4H8O2S3/c5-4(1-2-7)6-9-3-8/h7-8H,1-3H2. The van der Waals surface area contributed by atoms with Gasteiger partial charge in [0.05, 0.1) is 23.5 Å². The summed E-state index contributed by atoms with van der Waals surface area (Å²) in [7, 11) is 0. The van der Waals surface area contributed by atoms with Gasteiger partial charge in [0.1, 0.15) is 0 Å². The molecule has 9 heavy (non-hydrogen) atoms. The summed E-state index contributed by atoms with van der Waals surface area (Å²) in [5.41, 5.74) is 0. The van der Waals surface area contributed by atoms with Crippen molar-refractivity contribution < 1.29 is 8.98 Å². The first-order valence-electron chi connectivity index (χ1n) is 2.35. The Hall–Kier alpha value is 0.520. The Morgan fingerprint density at radius 1 is 1.56 bits per heavy atom. The maximum Gasteiger partial charge on any atom is 0.318 e. The Morgan fingerprint density at radius 2 is 2.22 bits per heavy atom. The van der Waals surface area contributed by atoms with Crippen LogP contribution < -0.4 is 0 Å². The molecule has 0 bridgehead atoms. The number of thiol groups is 2. The van der Waals surface area contributed by atoms with Crippen molar-refractivity contribution >= 4 is 43.3 Å². The normalized spacial score (nSPS) is 9.11. The highest BCUT2D eigenvalue weighted by molar-refractivity contribution is 8.06. The lowest BCUT2D eigenvalue weighted by Crippen LogP contribution is -1.98. The zero-order valence-corrected chi connectivity index (χ0v) is 7.35. The van der Waals surface area contributed by atoms with Crippen molar-refractivity contribution in [1.29, 1.82) is 0 Å². The Morgan fingerprint density at radius 3 is 2.67 bits per heavy atom. The number of carbonyl (C=O) groups excluding carboxylic acids is 1. The van der Waals surface area contributed by atoms with Gasteiger partial charge >= 0.3 is 5.97 Å². The third-order valence-corrected chi connectivity index (χ3v) is 1.47. The van der Waals surface area contributed by atoms with Crippen LogP contribution in [-0.4, -0.2) is 16.8 Å². The smallest absolute Gasteiger partial charge is 0.318 e. The van der Waals surface area contributed by atoms with Gasteiger partial charge < -0.3 is 4.18 Å².